The first kappa shape index (κ1) is 15.5. The van der Waals surface area contributed by atoms with E-state index in [0.29, 0.717) is 17.9 Å². The van der Waals surface area contributed by atoms with Gasteiger partial charge in [-0.05, 0) is 30.7 Å². The van der Waals surface area contributed by atoms with Gasteiger partial charge in [-0.1, -0.05) is 24.3 Å². The van der Waals surface area contributed by atoms with Crippen LogP contribution >= 0.6 is 11.3 Å². The van der Waals surface area contributed by atoms with Crippen LogP contribution in [0.3, 0.4) is 0 Å². The van der Waals surface area contributed by atoms with E-state index in [-0.39, 0.29) is 5.91 Å². The number of hydrogen-bond acceptors (Lipinski definition) is 4. The predicted molar refractivity (Wildman–Crippen MR) is 93.3 cm³/mol. The maximum atomic E-state index is 12.2. The normalized spacial score (nSPS) is 10.7. The van der Waals surface area contributed by atoms with E-state index in [2.05, 4.69) is 16.4 Å². The van der Waals surface area contributed by atoms with Gasteiger partial charge in [-0.3, -0.25) is 4.79 Å². The van der Waals surface area contributed by atoms with Crippen LogP contribution in [-0.2, 0) is 6.42 Å². The highest BCUT2D eigenvalue weighted by Gasteiger charge is 2.10. The minimum atomic E-state index is -0.105. The lowest BCUT2D eigenvalue weighted by Gasteiger charge is -2.08. The van der Waals surface area contributed by atoms with Crippen LogP contribution in [-0.4, -0.2) is 24.5 Å². The molecule has 23 heavy (non-hydrogen) atoms. The molecule has 0 bridgehead atoms. The standard InChI is InChI=1S/C18H18N2O2S/c1-22-15-9-4-2-7-13(15)18(21)19-12-6-11-17-20-14-8-3-5-10-16(14)23-17/h2-5,7-10H,6,11-12H2,1H3,(H,19,21). The van der Waals surface area contributed by atoms with Crippen molar-refractivity contribution in [3.05, 3.63) is 59.1 Å². The van der Waals surface area contributed by atoms with E-state index < -0.39 is 0 Å². The van der Waals surface area contributed by atoms with E-state index in [1.807, 2.05) is 30.3 Å². The van der Waals surface area contributed by atoms with Gasteiger partial charge in [0.05, 0.1) is 27.9 Å². The van der Waals surface area contributed by atoms with Crippen molar-refractivity contribution in [2.75, 3.05) is 13.7 Å². The molecule has 3 rings (SSSR count). The van der Waals surface area contributed by atoms with Gasteiger partial charge in [-0.25, -0.2) is 4.98 Å². The molecule has 1 amide bonds. The molecule has 0 saturated carbocycles. The molecule has 5 heteroatoms. The van der Waals surface area contributed by atoms with E-state index in [9.17, 15) is 4.79 Å². The topological polar surface area (TPSA) is 51.2 Å². The summed E-state index contributed by atoms with van der Waals surface area (Å²) in [4.78, 5) is 16.8. The van der Waals surface area contributed by atoms with E-state index >= 15 is 0 Å². The number of amides is 1. The molecule has 1 heterocycles. The van der Waals surface area contributed by atoms with Crippen molar-refractivity contribution in [3.63, 3.8) is 0 Å². The molecule has 0 fully saturated rings. The van der Waals surface area contributed by atoms with Gasteiger partial charge in [0, 0.05) is 13.0 Å². The third-order valence-electron chi connectivity index (χ3n) is 3.54. The molecule has 0 aliphatic rings. The third kappa shape index (κ3) is 3.68. The van der Waals surface area contributed by atoms with Crippen molar-refractivity contribution in [1.29, 1.82) is 0 Å². The molecule has 0 unspecified atom stereocenters. The molecule has 4 nitrogen and oxygen atoms in total. The summed E-state index contributed by atoms with van der Waals surface area (Å²) in [5, 5.41) is 4.04. The van der Waals surface area contributed by atoms with Crippen molar-refractivity contribution in [2.45, 2.75) is 12.8 Å². The molecule has 2 aromatic carbocycles. The van der Waals surface area contributed by atoms with Crippen molar-refractivity contribution in [3.8, 4) is 5.75 Å². The molecular formula is C18H18N2O2S. The number of para-hydroxylation sites is 2. The number of aryl methyl sites for hydroxylation is 1. The van der Waals surface area contributed by atoms with Gasteiger partial charge in [0.2, 0.25) is 0 Å². The van der Waals surface area contributed by atoms with Gasteiger partial charge in [-0.15, -0.1) is 11.3 Å². The first-order chi connectivity index (χ1) is 11.3. The molecule has 0 spiro atoms. The van der Waals surface area contributed by atoms with Crippen molar-refractivity contribution in [2.24, 2.45) is 0 Å². The second-order valence-electron chi connectivity index (χ2n) is 5.14. The Morgan fingerprint density at radius 3 is 2.78 bits per heavy atom. The lowest BCUT2D eigenvalue weighted by atomic mass is 10.2. The quantitative estimate of drug-likeness (QED) is 0.703. The molecule has 118 valence electrons. The summed E-state index contributed by atoms with van der Waals surface area (Å²) in [5.74, 6) is 0.489. The van der Waals surface area contributed by atoms with Crippen LogP contribution in [0.15, 0.2) is 48.5 Å². The summed E-state index contributed by atoms with van der Waals surface area (Å²) in [6, 6.07) is 15.4. The van der Waals surface area contributed by atoms with Crippen LogP contribution in [0.5, 0.6) is 5.75 Å². The Bertz CT molecular complexity index is 780. The SMILES string of the molecule is COc1ccccc1C(=O)NCCCc1nc2ccccc2s1. The average Bonchev–Trinajstić information content (AvgIpc) is 3.01. The van der Waals surface area contributed by atoms with Gasteiger partial charge >= 0.3 is 0 Å². The Morgan fingerprint density at radius 1 is 1.17 bits per heavy atom. The minimum Gasteiger partial charge on any atom is -0.496 e. The molecular weight excluding hydrogens is 308 g/mol. The second kappa shape index (κ2) is 7.24. The fourth-order valence-electron chi connectivity index (χ4n) is 2.40. The smallest absolute Gasteiger partial charge is 0.255 e. The van der Waals surface area contributed by atoms with Gasteiger partial charge in [0.1, 0.15) is 5.75 Å². The molecule has 0 atom stereocenters. The molecule has 0 saturated heterocycles. The first-order valence-electron chi connectivity index (χ1n) is 7.53. The van der Waals surface area contributed by atoms with Crippen LogP contribution in [0.25, 0.3) is 10.2 Å². The Hall–Kier alpha value is -2.40. The number of benzene rings is 2. The average molecular weight is 326 g/mol. The fraction of sp³-hybridized carbons (Fsp3) is 0.222. The minimum absolute atomic E-state index is 0.105. The Morgan fingerprint density at radius 2 is 1.96 bits per heavy atom. The Balaban J connectivity index is 1.52. The van der Waals surface area contributed by atoms with Crippen LogP contribution in [0.4, 0.5) is 0 Å². The lowest BCUT2D eigenvalue weighted by molar-refractivity contribution is 0.0950. The van der Waals surface area contributed by atoms with Crippen LogP contribution in [0.2, 0.25) is 0 Å². The fourth-order valence-corrected chi connectivity index (χ4v) is 3.40. The zero-order chi connectivity index (χ0) is 16.1. The number of rotatable bonds is 6. The van der Waals surface area contributed by atoms with E-state index in [4.69, 9.17) is 4.74 Å². The number of thiazole rings is 1. The summed E-state index contributed by atoms with van der Waals surface area (Å²) in [7, 11) is 1.57. The molecule has 3 aromatic rings. The monoisotopic (exact) mass is 326 g/mol. The number of methoxy groups -OCH3 is 1. The molecule has 0 aliphatic carbocycles. The molecule has 0 aliphatic heterocycles. The zero-order valence-electron chi connectivity index (χ0n) is 12.9. The van der Waals surface area contributed by atoms with E-state index in [1.54, 1.807) is 30.6 Å². The van der Waals surface area contributed by atoms with Gasteiger partial charge < -0.3 is 10.1 Å². The van der Waals surface area contributed by atoms with Crippen LogP contribution in [0, 0.1) is 0 Å². The van der Waals surface area contributed by atoms with Gasteiger partial charge in [-0.2, -0.15) is 0 Å². The number of nitrogens with zero attached hydrogens (tertiary/aromatic N) is 1. The van der Waals surface area contributed by atoms with Crippen molar-refractivity contribution >= 4 is 27.5 Å². The first-order valence-corrected chi connectivity index (χ1v) is 8.35. The second-order valence-corrected chi connectivity index (χ2v) is 6.25. The number of aromatic nitrogens is 1. The summed E-state index contributed by atoms with van der Waals surface area (Å²) >= 11 is 1.71. The third-order valence-corrected chi connectivity index (χ3v) is 4.64. The van der Waals surface area contributed by atoms with Gasteiger partial charge in [0.15, 0.2) is 0 Å². The van der Waals surface area contributed by atoms with Crippen LogP contribution in [0.1, 0.15) is 21.8 Å². The summed E-state index contributed by atoms with van der Waals surface area (Å²) in [6.45, 7) is 0.618. The highest BCUT2D eigenvalue weighted by atomic mass is 32.1. The maximum Gasteiger partial charge on any atom is 0.255 e. The largest absolute Gasteiger partial charge is 0.496 e. The number of carbonyl (C=O) groups excluding carboxylic acids is 1. The molecule has 1 aromatic heterocycles. The van der Waals surface area contributed by atoms with Crippen molar-refractivity contribution in [1.82, 2.24) is 10.3 Å². The van der Waals surface area contributed by atoms with E-state index in [1.165, 1.54) is 4.70 Å². The summed E-state index contributed by atoms with van der Waals surface area (Å²) in [5.41, 5.74) is 1.61. The predicted octanol–water partition coefficient (Wildman–Crippen LogP) is 3.67. The highest BCUT2D eigenvalue weighted by Crippen LogP contribution is 2.22. The Kier molecular flexibility index (Phi) is 4.88. The van der Waals surface area contributed by atoms with Gasteiger partial charge in [0.25, 0.3) is 5.91 Å². The zero-order valence-corrected chi connectivity index (χ0v) is 13.7. The number of ether oxygens (including phenoxy) is 1. The highest BCUT2D eigenvalue weighted by molar-refractivity contribution is 7.18. The summed E-state index contributed by atoms with van der Waals surface area (Å²) < 4.78 is 6.42. The summed E-state index contributed by atoms with van der Waals surface area (Å²) in [6.07, 6.45) is 1.73. The molecule has 1 N–H and O–H groups in total. The van der Waals surface area contributed by atoms with Crippen molar-refractivity contribution < 1.29 is 9.53 Å². The Labute approximate surface area is 139 Å². The number of nitrogens with one attached hydrogen (secondary N) is 1. The lowest BCUT2D eigenvalue weighted by Crippen LogP contribution is -2.25. The maximum absolute atomic E-state index is 12.2. The number of hydrogen-bond donors (Lipinski definition) is 1. The number of carbonyl (C=O) groups is 1. The molecule has 0 radical (unpaired) electrons. The number of fused-ring (bicyclic) bond motifs is 1. The van der Waals surface area contributed by atoms with Crippen LogP contribution < -0.4 is 10.1 Å². The van der Waals surface area contributed by atoms with E-state index in [0.717, 1.165) is 23.4 Å².